The fourth-order valence-corrected chi connectivity index (χ4v) is 2.17. The first kappa shape index (κ1) is 15.3. The minimum absolute atomic E-state index is 0.0760. The normalized spacial score (nSPS) is 10.4. The second-order valence-corrected chi connectivity index (χ2v) is 5.20. The summed E-state index contributed by atoms with van der Waals surface area (Å²) in [5.41, 5.74) is 4.79. The Morgan fingerprint density at radius 1 is 1.05 bits per heavy atom. The molecule has 0 spiro atoms. The zero-order chi connectivity index (χ0) is 15.1. The number of nitrogens with one attached hydrogen (secondary N) is 2. The van der Waals surface area contributed by atoms with Crippen LogP contribution < -0.4 is 10.6 Å². The summed E-state index contributed by atoms with van der Waals surface area (Å²) in [4.78, 5) is 11.6. The maximum atomic E-state index is 11.6. The molecule has 2 aromatic rings. The van der Waals surface area contributed by atoms with Crippen molar-refractivity contribution < 1.29 is 4.79 Å². The Bertz CT molecular complexity index is 590. The van der Waals surface area contributed by atoms with Crippen molar-refractivity contribution in [1.82, 2.24) is 10.6 Å². The molecule has 110 valence electrons. The van der Waals surface area contributed by atoms with Crippen LogP contribution >= 0.6 is 0 Å². The maximum Gasteiger partial charge on any atom is 0.221 e. The second-order valence-electron chi connectivity index (χ2n) is 5.20. The van der Waals surface area contributed by atoms with Crippen LogP contribution in [0.1, 0.15) is 17.5 Å². The molecule has 0 heterocycles. The lowest BCUT2D eigenvalue weighted by Gasteiger charge is -2.07. The van der Waals surface area contributed by atoms with Crippen molar-refractivity contribution in [3.8, 4) is 11.1 Å². The van der Waals surface area contributed by atoms with Crippen molar-refractivity contribution in [2.45, 2.75) is 19.9 Å². The van der Waals surface area contributed by atoms with Crippen LogP contribution in [0.2, 0.25) is 0 Å². The number of hydrogen-bond donors (Lipinski definition) is 2. The van der Waals surface area contributed by atoms with Gasteiger partial charge >= 0.3 is 0 Å². The molecule has 0 unspecified atom stereocenters. The average Bonchev–Trinajstić information content (AvgIpc) is 2.51. The average molecular weight is 282 g/mol. The van der Waals surface area contributed by atoms with Gasteiger partial charge in [0, 0.05) is 19.5 Å². The van der Waals surface area contributed by atoms with Crippen LogP contribution in [0.4, 0.5) is 0 Å². The zero-order valence-corrected chi connectivity index (χ0v) is 12.6. The summed E-state index contributed by atoms with van der Waals surface area (Å²) in [6.45, 7) is 3.38. The molecule has 0 aliphatic carbocycles. The Morgan fingerprint density at radius 3 is 2.48 bits per heavy atom. The molecule has 0 aliphatic heterocycles. The monoisotopic (exact) mass is 282 g/mol. The molecule has 0 saturated carbocycles. The van der Waals surface area contributed by atoms with Gasteiger partial charge < -0.3 is 10.6 Å². The molecule has 0 bridgehead atoms. The largest absolute Gasteiger partial charge is 0.352 e. The highest BCUT2D eigenvalue weighted by molar-refractivity contribution is 5.76. The van der Waals surface area contributed by atoms with Gasteiger partial charge in [0.05, 0.1) is 0 Å². The molecule has 0 radical (unpaired) electrons. The Kier molecular flexibility index (Phi) is 5.52. The zero-order valence-electron chi connectivity index (χ0n) is 12.6. The van der Waals surface area contributed by atoms with Crippen LogP contribution in [-0.2, 0) is 11.3 Å². The fraction of sp³-hybridized carbons (Fsp3) is 0.278. The van der Waals surface area contributed by atoms with E-state index in [2.05, 4.69) is 66.1 Å². The summed E-state index contributed by atoms with van der Waals surface area (Å²) < 4.78 is 0. The number of aryl methyl sites for hydroxylation is 1. The minimum Gasteiger partial charge on any atom is -0.352 e. The first-order chi connectivity index (χ1) is 10.2. The van der Waals surface area contributed by atoms with Crippen molar-refractivity contribution in [2.75, 3.05) is 13.6 Å². The van der Waals surface area contributed by atoms with Crippen LogP contribution in [0.3, 0.4) is 0 Å². The van der Waals surface area contributed by atoms with E-state index in [1.54, 1.807) is 0 Å². The van der Waals surface area contributed by atoms with E-state index in [9.17, 15) is 4.79 Å². The van der Waals surface area contributed by atoms with Gasteiger partial charge in [-0.2, -0.15) is 0 Å². The molecular weight excluding hydrogens is 260 g/mol. The van der Waals surface area contributed by atoms with Gasteiger partial charge in [-0.25, -0.2) is 0 Å². The van der Waals surface area contributed by atoms with E-state index < -0.39 is 0 Å². The number of amides is 1. The van der Waals surface area contributed by atoms with E-state index >= 15 is 0 Å². The summed E-state index contributed by atoms with van der Waals surface area (Å²) in [6.07, 6.45) is 0.512. The lowest BCUT2D eigenvalue weighted by Crippen LogP contribution is -2.26. The van der Waals surface area contributed by atoms with Crippen LogP contribution in [0, 0.1) is 6.92 Å². The van der Waals surface area contributed by atoms with E-state index in [0.29, 0.717) is 19.5 Å². The first-order valence-corrected chi connectivity index (χ1v) is 7.26. The molecule has 3 heteroatoms. The van der Waals surface area contributed by atoms with Crippen LogP contribution in [0.5, 0.6) is 0 Å². The lowest BCUT2D eigenvalue weighted by atomic mass is 10.0. The molecule has 0 aromatic heterocycles. The highest BCUT2D eigenvalue weighted by Crippen LogP contribution is 2.20. The third-order valence-electron chi connectivity index (χ3n) is 3.40. The number of rotatable bonds is 6. The van der Waals surface area contributed by atoms with Crippen molar-refractivity contribution in [3.05, 3.63) is 59.7 Å². The number of benzene rings is 2. The SMILES string of the molecule is CNCCC(=O)NCc1ccc(-c2cccc(C)c2)cc1. The highest BCUT2D eigenvalue weighted by atomic mass is 16.1. The first-order valence-electron chi connectivity index (χ1n) is 7.26. The van der Waals surface area contributed by atoms with Crippen molar-refractivity contribution in [3.63, 3.8) is 0 Å². The predicted molar refractivity (Wildman–Crippen MR) is 87.0 cm³/mol. The Labute approximate surface area is 126 Å². The van der Waals surface area contributed by atoms with E-state index in [4.69, 9.17) is 0 Å². The van der Waals surface area contributed by atoms with Gasteiger partial charge in [-0.3, -0.25) is 4.79 Å². The van der Waals surface area contributed by atoms with E-state index in [1.807, 2.05) is 7.05 Å². The summed E-state index contributed by atoms with van der Waals surface area (Å²) in [7, 11) is 1.84. The van der Waals surface area contributed by atoms with E-state index in [-0.39, 0.29) is 5.91 Å². The van der Waals surface area contributed by atoms with Gasteiger partial charge in [0.2, 0.25) is 5.91 Å². The highest BCUT2D eigenvalue weighted by Gasteiger charge is 2.01. The number of hydrogen-bond acceptors (Lipinski definition) is 2. The van der Waals surface area contributed by atoms with Gasteiger partial charge in [-0.15, -0.1) is 0 Å². The molecule has 21 heavy (non-hydrogen) atoms. The van der Waals surface area contributed by atoms with Crippen molar-refractivity contribution >= 4 is 5.91 Å². The van der Waals surface area contributed by atoms with Gasteiger partial charge in [0.15, 0.2) is 0 Å². The molecule has 1 amide bonds. The lowest BCUT2D eigenvalue weighted by molar-refractivity contribution is -0.121. The third kappa shape index (κ3) is 4.72. The van der Waals surface area contributed by atoms with E-state index in [1.165, 1.54) is 16.7 Å². The minimum atomic E-state index is 0.0760. The van der Waals surface area contributed by atoms with Gasteiger partial charge in [0.1, 0.15) is 0 Å². The number of carbonyl (C=O) groups is 1. The summed E-state index contributed by atoms with van der Waals surface area (Å²) in [6, 6.07) is 16.8. The van der Waals surface area contributed by atoms with Crippen LogP contribution in [-0.4, -0.2) is 19.5 Å². The van der Waals surface area contributed by atoms with Gasteiger partial charge in [-0.05, 0) is 30.7 Å². The van der Waals surface area contributed by atoms with Crippen molar-refractivity contribution in [1.29, 1.82) is 0 Å². The molecule has 0 aliphatic rings. The summed E-state index contributed by atoms with van der Waals surface area (Å²) >= 11 is 0. The molecule has 2 N–H and O–H groups in total. The Hall–Kier alpha value is -2.13. The fourth-order valence-electron chi connectivity index (χ4n) is 2.17. The van der Waals surface area contributed by atoms with Crippen molar-refractivity contribution in [2.24, 2.45) is 0 Å². The molecule has 0 saturated heterocycles. The Morgan fingerprint density at radius 2 is 1.81 bits per heavy atom. The quantitative estimate of drug-likeness (QED) is 0.855. The molecule has 0 fully saturated rings. The van der Waals surface area contributed by atoms with Crippen LogP contribution in [0.25, 0.3) is 11.1 Å². The van der Waals surface area contributed by atoms with E-state index in [0.717, 1.165) is 5.56 Å². The predicted octanol–water partition coefficient (Wildman–Crippen LogP) is 2.89. The smallest absolute Gasteiger partial charge is 0.221 e. The van der Waals surface area contributed by atoms with Gasteiger partial charge in [-0.1, -0.05) is 54.1 Å². The van der Waals surface area contributed by atoms with Gasteiger partial charge in [0.25, 0.3) is 0 Å². The molecule has 2 rings (SSSR count). The summed E-state index contributed by atoms with van der Waals surface area (Å²) in [5.74, 6) is 0.0760. The third-order valence-corrected chi connectivity index (χ3v) is 3.40. The second kappa shape index (κ2) is 7.60. The molecule has 3 nitrogen and oxygen atoms in total. The maximum absolute atomic E-state index is 11.6. The molecular formula is C18H22N2O. The van der Waals surface area contributed by atoms with Crippen LogP contribution in [0.15, 0.2) is 48.5 Å². The topological polar surface area (TPSA) is 41.1 Å². The molecule has 2 aromatic carbocycles. The summed E-state index contributed by atoms with van der Waals surface area (Å²) in [5, 5.41) is 5.89. The number of carbonyl (C=O) groups excluding carboxylic acids is 1. The standard InChI is InChI=1S/C18H22N2O/c1-14-4-3-5-17(12-14)16-8-6-15(7-9-16)13-20-18(21)10-11-19-2/h3-9,12,19H,10-11,13H2,1-2H3,(H,20,21). The Balaban J connectivity index is 1.94. The molecule has 0 atom stereocenters.